The molecule has 2 aromatic carbocycles. The molecule has 0 radical (unpaired) electrons. The highest BCUT2D eigenvalue weighted by molar-refractivity contribution is 6.11. The monoisotopic (exact) mass is 387 g/mol. The minimum absolute atomic E-state index is 0.0637. The second-order valence-electron chi connectivity index (χ2n) is 6.41. The molecule has 0 unspecified atom stereocenters. The van der Waals surface area contributed by atoms with Gasteiger partial charge in [-0.05, 0) is 37.4 Å². The number of nitrogens with zero attached hydrogens (tertiary/aromatic N) is 4. The third kappa shape index (κ3) is 3.55. The molecule has 29 heavy (non-hydrogen) atoms. The van der Waals surface area contributed by atoms with E-state index in [9.17, 15) is 9.90 Å². The Balaban J connectivity index is 1.80. The van der Waals surface area contributed by atoms with Crippen molar-refractivity contribution in [1.82, 2.24) is 10.1 Å². The van der Waals surface area contributed by atoms with Crippen molar-refractivity contribution in [3.63, 3.8) is 0 Å². The first-order valence-corrected chi connectivity index (χ1v) is 8.86. The largest absolute Gasteiger partial charge is 0.505 e. The smallest absolute Gasteiger partial charge is 0.272 e. The Morgan fingerprint density at radius 3 is 2.62 bits per heavy atom. The summed E-state index contributed by atoms with van der Waals surface area (Å²) in [6, 6.07) is 14.0. The van der Waals surface area contributed by atoms with Gasteiger partial charge in [-0.2, -0.15) is 0 Å². The number of anilines is 1. The molecule has 1 amide bonds. The number of phenols is 1. The number of aromatic hydroxyl groups is 1. The SMILES string of the molecule is Cc1noc(N=Nc2c(O)c(C(=O)Nc3ccccn3)cc3ccccc23)c1C. The number of nitrogens with one attached hydrogen (secondary N) is 1. The Morgan fingerprint density at radius 1 is 1.10 bits per heavy atom. The van der Waals surface area contributed by atoms with E-state index in [1.165, 1.54) is 0 Å². The van der Waals surface area contributed by atoms with Crippen LogP contribution in [-0.2, 0) is 0 Å². The number of pyridine rings is 1. The number of carbonyl (C=O) groups excluding carboxylic acids is 1. The number of benzene rings is 2. The number of hydrogen-bond acceptors (Lipinski definition) is 7. The summed E-state index contributed by atoms with van der Waals surface area (Å²) in [4.78, 5) is 16.8. The predicted octanol–water partition coefficient (Wildman–Crippen LogP) is 5.21. The van der Waals surface area contributed by atoms with Gasteiger partial charge in [0.2, 0.25) is 0 Å². The highest BCUT2D eigenvalue weighted by Crippen LogP contribution is 2.39. The van der Waals surface area contributed by atoms with E-state index < -0.39 is 5.91 Å². The van der Waals surface area contributed by atoms with Gasteiger partial charge in [0.05, 0.1) is 11.3 Å². The van der Waals surface area contributed by atoms with Crippen LogP contribution in [0.1, 0.15) is 21.6 Å². The van der Waals surface area contributed by atoms with Crippen molar-refractivity contribution < 1.29 is 14.4 Å². The highest BCUT2D eigenvalue weighted by atomic mass is 16.5. The molecule has 0 bridgehead atoms. The third-order valence-electron chi connectivity index (χ3n) is 4.52. The summed E-state index contributed by atoms with van der Waals surface area (Å²) in [7, 11) is 0. The van der Waals surface area contributed by atoms with E-state index >= 15 is 0 Å². The van der Waals surface area contributed by atoms with Gasteiger partial charge in [0, 0.05) is 17.1 Å². The Kier molecular flexibility index (Phi) is 4.74. The molecule has 0 atom stereocenters. The maximum Gasteiger partial charge on any atom is 0.272 e. The quantitative estimate of drug-likeness (QED) is 0.467. The molecule has 0 saturated carbocycles. The molecular weight excluding hydrogens is 370 g/mol. The number of rotatable bonds is 4. The van der Waals surface area contributed by atoms with Gasteiger partial charge in [-0.3, -0.25) is 4.79 Å². The third-order valence-corrected chi connectivity index (χ3v) is 4.52. The fourth-order valence-corrected chi connectivity index (χ4v) is 2.80. The Hall–Kier alpha value is -4.07. The average molecular weight is 387 g/mol. The van der Waals surface area contributed by atoms with E-state index in [0.29, 0.717) is 16.9 Å². The fourth-order valence-electron chi connectivity index (χ4n) is 2.80. The average Bonchev–Trinajstić information content (AvgIpc) is 3.05. The van der Waals surface area contributed by atoms with Gasteiger partial charge in [0.1, 0.15) is 11.5 Å². The Labute approximate surface area is 165 Å². The van der Waals surface area contributed by atoms with Crippen LogP contribution in [0.3, 0.4) is 0 Å². The van der Waals surface area contributed by atoms with Crippen LogP contribution < -0.4 is 5.32 Å². The van der Waals surface area contributed by atoms with E-state index in [4.69, 9.17) is 4.52 Å². The zero-order chi connectivity index (χ0) is 20.4. The lowest BCUT2D eigenvalue weighted by molar-refractivity contribution is 0.102. The van der Waals surface area contributed by atoms with Crippen molar-refractivity contribution in [3.05, 3.63) is 71.5 Å². The van der Waals surface area contributed by atoms with E-state index in [0.717, 1.165) is 10.9 Å². The lowest BCUT2D eigenvalue weighted by Crippen LogP contribution is -2.13. The van der Waals surface area contributed by atoms with Gasteiger partial charge >= 0.3 is 0 Å². The molecule has 2 aromatic heterocycles. The zero-order valence-corrected chi connectivity index (χ0v) is 15.7. The molecule has 0 fully saturated rings. The number of fused-ring (bicyclic) bond motifs is 1. The summed E-state index contributed by atoms with van der Waals surface area (Å²) < 4.78 is 5.15. The molecule has 0 aliphatic rings. The van der Waals surface area contributed by atoms with Gasteiger partial charge in [0.25, 0.3) is 11.8 Å². The molecule has 144 valence electrons. The van der Waals surface area contributed by atoms with Crippen LogP contribution in [0, 0.1) is 13.8 Å². The van der Waals surface area contributed by atoms with E-state index in [1.54, 1.807) is 43.5 Å². The van der Waals surface area contributed by atoms with Crippen LogP contribution >= 0.6 is 0 Å². The maximum absolute atomic E-state index is 12.8. The number of hydrogen-bond donors (Lipinski definition) is 2. The molecule has 0 aliphatic heterocycles. The standard InChI is InChI=1S/C21H17N5O3/c1-12-13(2)26-29-21(12)25-24-18-15-8-4-3-7-14(15)11-16(19(18)27)20(28)23-17-9-5-6-10-22-17/h3-11,27H,1-2H3,(H,22,23,28). The molecule has 2 N–H and O–H groups in total. The number of aromatic nitrogens is 2. The lowest BCUT2D eigenvalue weighted by atomic mass is 10.0. The predicted molar refractivity (Wildman–Crippen MR) is 108 cm³/mol. The summed E-state index contributed by atoms with van der Waals surface area (Å²) in [6.45, 7) is 3.61. The Morgan fingerprint density at radius 2 is 1.90 bits per heavy atom. The number of amides is 1. The second-order valence-corrected chi connectivity index (χ2v) is 6.41. The molecule has 0 spiro atoms. The summed E-state index contributed by atoms with van der Waals surface area (Å²) >= 11 is 0. The lowest BCUT2D eigenvalue weighted by Gasteiger charge is -2.10. The minimum atomic E-state index is -0.505. The van der Waals surface area contributed by atoms with Crippen molar-refractivity contribution in [3.8, 4) is 5.75 Å². The van der Waals surface area contributed by atoms with Gasteiger partial charge < -0.3 is 14.9 Å². The normalized spacial score (nSPS) is 11.2. The maximum atomic E-state index is 12.8. The van der Waals surface area contributed by atoms with Crippen molar-refractivity contribution >= 4 is 34.1 Å². The fraction of sp³-hybridized carbons (Fsp3) is 0.0952. The van der Waals surface area contributed by atoms with E-state index in [2.05, 4.69) is 25.7 Å². The number of phenolic OH excluding ortho intramolecular Hbond substituents is 1. The van der Waals surface area contributed by atoms with Crippen LogP contribution in [0.4, 0.5) is 17.4 Å². The Bertz CT molecular complexity index is 1230. The summed E-state index contributed by atoms with van der Waals surface area (Å²) in [6.07, 6.45) is 1.57. The van der Waals surface area contributed by atoms with Gasteiger partial charge in [-0.1, -0.05) is 35.5 Å². The molecule has 2 heterocycles. The molecule has 4 aromatic rings. The molecule has 8 nitrogen and oxygen atoms in total. The zero-order valence-electron chi connectivity index (χ0n) is 15.7. The van der Waals surface area contributed by atoms with Gasteiger partial charge in [0.15, 0.2) is 5.75 Å². The van der Waals surface area contributed by atoms with Crippen LogP contribution in [-0.4, -0.2) is 21.2 Å². The summed E-state index contributed by atoms with van der Waals surface area (Å²) in [5.41, 5.74) is 1.69. The van der Waals surface area contributed by atoms with E-state index in [-0.39, 0.29) is 22.9 Å². The molecule has 8 heteroatoms. The van der Waals surface area contributed by atoms with Crippen molar-refractivity contribution in [2.45, 2.75) is 13.8 Å². The van der Waals surface area contributed by atoms with Gasteiger partial charge in [-0.25, -0.2) is 4.98 Å². The summed E-state index contributed by atoms with van der Waals surface area (Å²) in [5.74, 6) is -0.166. The van der Waals surface area contributed by atoms with E-state index in [1.807, 2.05) is 25.1 Å². The van der Waals surface area contributed by atoms with Crippen LogP contribution in [0.25, 0.3) is 10.8 Å². The molecule has 0 aliphatic carbocycles. The molecular formula is C21H17N5O3. The first-order chi connectivity index (χ1) is 14.0. The van der Waals surface area contributed by atoms with Crippen LogP contribution in [0.15, 0.2) is 69.5 Å². The van der Waals surface area contributed by atoms with Gasteiger partial charge in [-0.15, -0.1) is 10.2 Å². The number of aryl methyl sites for hydroxylation is 1. The number of azo groups is 1. The highest BCUT2D eigenvalue weighted by Gasteiger charge is 2.19. The van der Waals surface area contributed by atoms with Crippen molar-refractivity contribution in [2.75, 3.05) is 5.32 Å². The first kappa shape index (κ1) is 18.3. The van der Waals surface area contributed by atoms with Crippen LogP contribution in [0.5, 0.6) is 5.75 Å². The second kappa shape index (κ2) is 7.51. The van der Waals surface area contributed by atoms with Crippen molar-refractivity contribution in [2.24, 2.45) is 10.2 Å². The molecule has 4 rings (SSSR count). The molecule has 0 saturated heterocycles. The first-order valence-electron chi connectivity index (χ1n) is 8.86. The van der Waals surface area contributed by atoms with Crippen LogP contribution in [0.2, 0.25) is 0 Å². The minimum Gasteiger partial charge on any atom is -0.505 e. The summed E-state index contributed by atoms with van der Waals surface area (Å²) in [5, 5.41) is 27.0. The van der Waals surface area contributed by atoms with Crippen molar-refractivity contribution in [1.29, 1.82) is 0 Å². The number of carbonyl (C=O) groups is 1. The topological polar surface area (TPSA) is 113 Å².